The summed E-state index contributed by atoms with van der Waals surface area (Å²) in [5.74, 6) is 0.794. The number of aromatic hydroxyl groups is 1. The number of para-hydroxylation sites is 2. The number of rotatable bonds is 8. The van der Waals surface area contributed by atoms with Gasteiger partial charge in [0.05, 0.1) is 23.8 Å². The number of aliphatic hydroxyl groups is 1. The lowest BCUT2D eigenvalue weighted by Gasteiger charge is -2.37. The van der Waals surface area contributed by atoms with Crippen molar-refractivity contribution in [1.29, 1.82) is 0 Å². The minimum atomic E-state index is -3.53. The van der Waals surface area contributed by atoms with Crippen LogP contribution in [0.3, 0.4) is 0 Å². The maximum Gasteiger partial charge on any atom is 0.243 e. The number of nitrogens with zero attached hydrogens (tertiary/aromatic N) is 3. The third-order valence-corrected chi connectivity index (χ3v) is 7.85. The molecule has 4 rings (SSSR count). The number of phenols is 1. The minimum absolute atomic E-state index is 0.120. The van der Waals surface area contributed by atoms with Crippen molar-refractivity contribution in [3.63, 3.8) is 0 Å². The summed E-state index contributed by atoms with van der Waals surface area (Å²) in [5.41, 5.74) is 0.833. The van der Waals surface area contributed by atoms with Gasteiger partial charge in [0, 0.05) is 45.8 Å². The average molecular weight is 478 g/mol. The Balaban J connectivity index is 1.22. The van der Waals surface area contributed by atoms with Crippen molar-refractivity contribution < 1.29 is 28.1 Å². The topological polar surface area (TPSA) is 103 Å². The molecule has 0 spiro atoms. The first kappa shape index (κ1) is 23.8. The predicted octanol–water partition coefficient (Wildman–Crippen LogP) is 0.975. The van der Waals surface area contributed by atoms with Gasteiger partial charge in [0.2, 0.25) is 10.0 Å². The van der Waals surface area contributed by atoms with Crippen LogP contribution in [0.2, 0.25) is 0 Å². The molecule has 0 saturated carbocycles. The SMILES string of the molecule is O=S(=O)(c1ccc(OC[C@@H](O)CN2CCN(c3ccccc3O)CC2)cc1)N1CCOCC1. The normalized spacial score (nSPS) is 19.4. The van der Waals surface area contributed by atoms with Crippen LogP contribution in [0, 0.1) is 0 Å². The third-order valence-electron chi connectivity index (χ3n) is 5.94. The fraction of sp³-hybridized carbons (Fsp3) is 0.478. The van der Waals surface area contributed by atoms with Gasteiger partial charge in [0.1, 0.15) is 24.2 Å². The monoisotopic (exact) mass is 477 g/mol. The number of piperazine rings is 1. The number of sulfonamides is 1. The van der Waals surface area contributed by atoms with E-state index < -0.39 is 16.1 Å². The van der Waals surface area contributed by atoms with Crippen LogP contribution in [0.25, 0.3) is 0 Å². The molecule has 2 N–H and O–H groups in total. The lowest BCUT2D eigenvalue weighted by molar-refractivity contribution is 0.0662. The van der Waals surface area contributed by atoms with Gasteiger partial charge in [-0.25, -0.2) is 8.42 Å². The van der Waals surface area contributed by atoms with Crippen LogP contribution in [0.5, 0.6) is 11.5 Å². The fourth-order valence-electron chi connectivity index (χ4n) is 4.09. The second kappa shape index (κ2) is 10.7. The summed E-state index contributed by atoms with van der Waals surface area (Å²) in [6.45, 7) is 5.21. The summed E-state index contributed by atoms with van der Waals surface area (Å²) in [5, 5.41) is 20.4. The van der Waals surface area contributed by atoms with Crippen LogP contribution < -0.4 is 9.64 Å². The van der Waals surface area contributed by atoms with Gasteiger partial charge in [-0.05, 0) is 36.4 Å². The molecule has 33 heavy (non-hydrogen) atoms. The molecule has 180 valence electrons. The van der Waals surface area contributed by atoms with Gasteiger partial charge in [-0.3, -0.25) is 4.90 Å². The van der Waals surface area contributed by atoms with E-state index in [-0.39, 0.29) is 17.3 Å². The summed E-state index contributed by atoms with van der Waals surface area (Å²) >= 11 is 0. The number of hydrogen-bond donors (Lipinski definition) is 2. The van der Waals surface area contributed by atoms with E-state index in [4.69, 9.17) is 9.47 Å². The van der Waals surface area contributed by atoms with Crippen LogP contribution in [0.4, 0.5) is 5.69 Å². The smallest absolute Gasteiger partial charge is 0.243 e. The quantitative estimate of drug-likeness (QED) is 0.580. The zero-order chi connectivity index (χ0) is 23.3. The number of anilines is 1. The number of β-amino-alcohol motifs (C(OH)–C–C–N with tert-alkyl or cyclic N) is 1. The Labute approximate surface area is 194 Å². The molecule has 0 bridgehead atoms. The Bertz CT molecular complexity index is 1000. The second-order valence-electron chi connectivity index (χ2n) is 8.23. The van der Waals surface area contributed by atoms with Crippen molar-refractivity contribution in [2.45, 2.75) is 11.0 Å². The first-order valence-corrected chi connectivity index (χ1v) is 12.6. The van der Waals surface area contributed by atoms with E-state index in [1.165, 1.54) is 16.4 Å². The van der Waals surface area contributed by atoms with Gasteiger partial charge < -0.3 is 24.6 Å². The summed E-state index contributed by atoms with van der Waals surface area (Å²) in [7, 11) is -3.53. The van der Waals surface area contributed by atoms with Crippen molar-refractivity contribution in [3.05, 3.63) is 48.5 Å². The van der Waals surface area contributed by atoms with Gasteiger partial charge in [0.15, 0.2) is 0 Å². The standard InChI is InChI=1S/C23H31N3O6S/c27-19(17-24-9-11-25(12-10-24)22-3-1-2-4-23(22)28)18-32-20-5-7-21(8-6-20)33(29,30)26-13-15-31-16-14-26/h1-8,19,27-28H,9-18H2/t19-/m0/s1. The number of phenolic OH excluding ortho intramolecular Hbond substituents is 1. The van der Waals surface area contributed by atoms with Crippen molar-refractivity contribution in [2.24, 2.45) is 0 Å². The number of benzene rings is 2. The molecule has 0 aromatic heterocycles. The van der Waals surface area contributed by atoms with Gasteiger partial charge >= 0.3 is 0 Å². The number of aliphatic hydroxyl groups excluding tert-OH is 1. The third kappa shape index (κ3) is 5.96. The minimum Gasteiger partial charge on any atom is -0.506 e. The van der Waals surface area contributed by atoms with E-state index in [1.807, 2.05) is 18.2 Å². The first-order valence-electron chi connectivity index (χ1n) is 11.2. The van der Waals surface area contributed by atoms with E-state index in [0.717, 1.165) is 31.9 Å². The largest absolute Gasteiger partial charge is 0.506 e. The molecule has 0 amide bonds. The van der Waals surface area contributed by atoms with Crippen molar-refractivity contribution in [3.8, 4) is 11.5 Å². The molecule has 2 aliphatic rings. The Morgan fingerprint density at radius 2 is 1.61 bits per heavy atom. The Hall–Kier alpha value is -2.37. The van der Waals surface area contributed by atoms with E-state index in [9.17, 15) is 18.6 Å². The van der Waals surface area contributed by atoms with E-state index in [2.05, 4.69) is 9.80 Å². The van der Waals surface area contributed by atoms with Gasteiger partial charge in [0.25, 0.3) is 0 Å². The second-order valence-corrected chi connectivity index (χ2v) is 10.2. The highest BCUT2D eigenvalue weighted by Gasteiger charge is 2.26. The van der Waals surface area contributed by atoms with E-state index in [1.54, 1.807) is 18.2 Å². The first-order chi connectivity index (χ1) is 15.9. The molecule has 0 aliphatic carbocycles. The van der Waals surface area contributed by atoms with E-state index in [0.29, 0.717) is 38.6 Å². The summed E-state index contributed by atoms with van der Waals surface area (Å²) in [4.78, 5) is 4.53. The van der Waals surface area contributed by atoms with Gasteiger partial charge in [-0.2, -0.15) is 4.31 Å². The highest BCUT2D eigenvalue weighted by molar-refractivity contribution is 7.89. The molecule has 2 aromatic carbocycles. The van der Waals surface area contributed by atoms with Crippen LogP contribution in [0.15, 0.2) is 53.4 Å². The van der Waals surface area contributed by atoms with Crippen LogP contribution in [-0.2, 0) is 14.8 Å². The predicted molar refractivity (Wildman–Crippen MR) is 124 cm³/mol. The molecule has 2 aromatic rings. The van der Waals surface area contributed by atoms with Crippen molar-refractivity contribution >= 4 is 15.7 Å². The maximum absolute atomic E-state index is 12.7. The molecule has 1 atom stereocenters. The van der Waals surface area contributed by atoms with Crippen LogP contribution >= 0.6 is 0 Å². The summed E-state index contributed by atoms with van der Waals surface area (Å²) in [6, 6.07) is 13.6. The highest BCUT2D eigenvalue weighted by Crippen LogP contribution is 2.27. The lowest BCUT2D eigenvalue weighted by atomic mass is 10.2. The zero-order valence-corrected chi connectivity index (χ0v) is 19.4. The van der Waals surface area contributed by atoms with Crippen molar-refractivity contribution in [2.75, 3.05) is 70.5 Å². The lowest BCUT2D eigenvalue weighted by Crippen LogP contribution is -2.49. The van der Waals surface area contributed by atoms with Crippen molar-refractivity contribution in [1.82, 2.24) is 9.21 Å². The Morgan fingerprint density at radius 1 is 0.939 bits per heavy atom. The molecule has 2 saturated heterocycles. The average Bonchev–Trinajstić information content (AvgIpc) is 2.84. The molecule has 0 radical (unpaired) electrons. The fourth-order valence-corrected chi connectivity index (χ4v) is 5.50. The van der Waals surface area contributed by atoms with E-state index >= 15 is 0 Å². The molecular formula is C23H31N3O6S. The molecule has 2 heterocycles. The molecule has 2 fully saturated rings. The van der Waals surface area contributed by atoms with Crippen LogP contribution in [-0.4, -0.2) is 99.6 Å². The number of morpholine rings is 1. The molecule has 9 nitrogen and oxygen atoms in total. The number of ether oxygens (including phenoxy) is 2. The Kier molecular flexibility index (Phi) is 7.71. The summed E-state index contributed by atoms with van der Waals surface area (Å²) in [6.07, 6.45) is -0.668. The molecule has 10 heteroatoms. The maximum atomic E-state index is 12.7. The Morgan fingerprint density at radius 3 is 2.27 bits per heavy atom. The number of hydrogen-bond acceptors (Lipinski definition) is 8. The van der Waals surface area contributed by atoms with Crippen LogP contribution in [0.1, 0.15) is 0 Å². The van der Waals surface area contributed by atoms with Gasteiger partial charge in [-0.15, -0.1) is 0 Å². The molecular weight excluding hydrogens is 446 g/mol. The molecule has 0 unspecified atom stereocenters. The zero-order valence-electron chi connectivity index (χ0n) is 18.5. The van der Waals surface area contributed by atoms with Gasteiger partial charge in [-0.1, -0.05) is 12.1 Å². The molecule has 2 aliphatic heterocycles. The highest BCUT2D eigenvalue weighted by atomic mass is 32.2. The summed E-state index contributed by atoms with van der Waals surface area (Å²) < 4.78 is 37.7.